The number of carbonyl (C=O) groups excluding carboxylic acids is 1. The maximum absolute atomic E-state index is 12.9. The van der Waals surface area contributed by atoms with E-state index in [0.717, 1.165) is 29.7 Å². The van der Waals surface area contributed by atoms with E-state index in [-0.39, 0.29) is 11.7 Å². The van der Waals surface area contributed by atoms with Gasteiger partial charge >= 0.3 is 5.97 Å². The van der Waals surface area contributed by atoms with Crippen molar-refractivity contribution in [2.75, 3.05) is 0 Å². The third-order valence-electron chi connectivity index (χ3n) is 4.35. The van der Waals surface area contributed by atoms with Crippen LogP contribution in [0, 0.1) is 5.92 Å². The van der Waals surface area contributed by atoms with E-state index in [1.54, 1.807) is 32.1 Å². The van der Waals surface area contributed by atoms with Crippen molar-refractivity contribution >= 4 is 27.5 Å². The summed E-state index contributed by atoms with van der Waals surface area (Å²) in [6, 6.07) is -0.667. The first kappa shape index (κ1) is 16.2. The molecule has 0 saturated carbocycles. The monoisotopic (exact) mass is 334 g/mol. The summed E-state index contributed by atoms with van der Waals surface area (Å²) in [6.07, 6.45) is 4.30. The summed E-state index contributed by atoms with van der Waals surface area (Å²) >= 11 is 1.62. The largest absolute Gasteiger partial charge is 0.461 e. The number of ether oxygens (including phenoxy) is 1. The van der Waals surface area contributed by atoms with Gasteiger partial charge in [-0.3, -0.25) is 9.36 Å². The molecule has 0 spiro atoms. The maximum Gasteiger partial charge on any atom is 0.329 e. The fourth-order valence-electron chi connectivity index (χ4n) is 3.06. The minimum atomic E-state index is -0.667. The summed E-state index contributed by atoms with van der Waals surface area (Å²) < 4.78 is 6.62. The molecule has 0 N–H and O–H groups in total. The molecule has 1 aliphatic carbocycles. The number of aryl methyl sites for hydroxylation is 1. The number of hydrogen-bond acceptors (Lipinski definition) is 5. The first-order valence-corrected chi connectivity index (χ1v) is 8.92. The molecular formula is C17H22N2O3S. The van der Waals surface area contributed by atoms with Crippen molar-refractivity contribution in [3.05, 3.63) is 27.1 Å². The van der Waals surface area contributed by atoms with Crippen molar-refractivity contribution in [1.29, 1.82) is 0 Å². The van der Waals surface area contributed by atoms with Crippen LogP contribution in [0.5, 0.6) is 0 Å². The maximum atomic E-state index is 12.9. The Bertz CT molecular complexity index is 806. The van der Waals surface area contributed by atoms with Crippen LogP contribution in [0.25, 0.3) is 10.2 Å². The lowest BCUT2D eigenvalue weighted by molar-refractivity contribution is -0.151. The molecule has 6 heteroatoms. The zero-order valence-electron chi connectivity index (χ0n) is 14.0. The Kier molecular flexibility index (Phi) is 4.27. The van der Waals surface area contributed by atoms with Gasteiger partial charge in [0, 0.05) is 4.88 Å². The van der Waals surface area contributed by atoms with Gasteiger partial charge in [0.15, 0.2) is 0 Å². The highest BCUT2D eigenvalue weighted by Crippen LogP contribution is 2.35. The van der Waals surface area contributed by atoms with Crippen LogP contribution in [-0.2, 0) is 22.4 Å². The molecule has 0 bridgehead atoms. The van der Waals surface area contributed by atoms with E-state index in [4.69, 9.17) is 4.74 Å². The molecule has 124 valence electrons. The molecule has 0 aromatic carbocycles. The Hall–Kier alpha value is -1.69. The lowest BCUT2D eigenvalue weighted by Crippen LogP contribution is -2.31. The summed E-state index contributed by atoms with van der Waals surface area (Å²) in [4.78, 5) is 31.5. The molecule has 0 saturated heterocycles. The summed E-state index contributed by atoms with van der Waals surface area (Å²) in [5.41, 5.74) is 1.01. The van der Waals surface area contributed by atoms with Crippen LogP contribution in [0.1, 0.15) is 50.6 Å². The molecule has 2 atom stereocenters. The molecule has 2 heterocycles. The Balaban J connectivity index is 2.05. The van der Waals surface area contributed by atoms with E-state index in [1.807, 2.05) is 0 Å². The third-order valence-corrected chi connectivity index (χ3v) is 5.51. The molecule has 2 aromatic heterocycles. The van der Waals surface area contributed by atoms with Crippen LogP contribution in [0.2, 0.25) is 0 Å². The second-order valence-corrected chi connectivity index (χ2v) is 7.73. The standard InChI is InChI=1S/C17H22N2O3S/c1-9(2)22-17(21)11(4)19-8-18-15-14(16(19)20)12-6-5-10(3)7-13(12)23-15/h8-11H,5-7H2,1-4H3/t10-,11-/m1/s1. The van der Waals surface area contributed by atoms with E-state index < -0.39 is 12.0 Å². The Morgan fingerprint density at radius 2 is 2.17 bits per heavy atom. The number of hydrogen-bond donors (Lipinski definition) is 0. The molecule has 0 unspecified atom stereocenters. The van der Waals surface area contributed by atoms with E-state index in [2.05, 4.69) is 11.9 Å². The van der Waals surface area contributed by atoms with Crippen LogP contribution < -0.4 is 5.56 Å². The SMILES string of the molecule is CC(C)OC(=O)[C@@H](C)n1cnc2sc3c(c2c1=O)CC[C@@H](C)C3. The topological polar surface area (TPSA) is 61.2 Å². The zero-order chi connectivity index (χ0) is 16.7. The van der Waals surface area contributed by atoms with Gasteiger partial charge in [-0.2, -0.15) is 0 Å². The highest BCUT2D eigenvalue weighted by atomic mass is 32.1. The number of rotatable bonds is 3. The smallest absolute Gasteiger partial charge is 0.329 e. The minimum Gasteiger partial charge on any atom is -0.461 e. The Morgan fingerprint density at radius 3 is 2.87 bits per heavy atom. The molecule has 1 aliphatic rings. The van der Waals surface area contributed by atoms with Crippen molar-refractivity contribution in [3.63, 3.8) is 0 Å². The molecule has 3 rings (SSSR count). The average Bonchev–Trinajstić information content (AvgIpc) is 2.84. The first-order chi connectivity index (χ1) is 10.9. The predicted molar refractivity (Wildman–Crippen MR) is 91.0 cm³/mol. The zero-order valence-corrected chi connectivity index (χ0v) is 14.8. The summed E-state index contributed by atoms with van der Waals surface area (Å²) in [7, 11) is 0. The van der Waals surface area contributed by atoms with Crippen molar-refractivity contribution in [2.45, 2.75) is 59.1 Å². The fourth-order valence-corrected chi connectivity index (χ4v) is 4.41. The quantitative estimate of drug-likeness (QED) is 0.809. The molecule has 0 aliphatic heterocycles. The second kappa shape index (κ2) is 6.07. The van der Waals surface area contributed by atoms with Gasteiger partial charge in [0.25, 0.3) is 5.56 Å². The average molecular weight is 334 g/mol. The number of thiophene rings is 1. The van der Waals surface area contributed by atoms with Crippen molar-refractivity contribution < 1.29 is 9.53 Å². The van der Waals surface area contributed by atoms with Gasteiger partial charge in [-0.25, -0.2) is 9.78 Å². The van der Waals surface area contributed by atoms with Gasteiger partial charge in [0.1, 0.15) is 10.9 Å². The minimum absolute atomic E-state index is 0.129. The van der Waals surface area contributed by atoms with Gasteiger partial charge < -0.3 is 4.74 Å². The van der Waals surface area contributed by atoms with Gasteiger partial charge in [-0.1, -0.05) is 6.92 Å². The molecule has 0 radical (unpaired) electrons. The van der Waals surface area contributed by atoms with E-state index in [0.29, 0.717) is 11.3 Å². The van der Waals surface area contributed by atoms with Crippen LogP contribution in [-0.4, -0.2) is 21.6 Å². The van der Waals surface area contributed by atoms with Gasteiger partial charge in [0.05, 0.1) is 17.8 Å². The van der Waals surface area contributed by atoms with Crippen LogP contribution in [0.15, 0.2) is 11.1 Å². The number of carbonyl (C=O) groups is 1. The lowest BCUT2D eigenvalue weighted by Gasteiger charge is -2.18. The Labute approximate surface area is 139 Å². The van der Waals surface area contributed by atoms with Crippen molar-refractivity contribution in [2.24, 2.45) is 5.92 Å². The fraction of sp³-hybridized carbons (Fsp3) is 0.588. The highest BCUT2D eigenvalue weighted by Gasteiger charge is 2.25. The number of aromatic nitrogens is 2. The molecule has 23 heavy (non-hydrogen) atoms. The van der Waals surface area contributed by atoms with Crippen molar-refractivity contribution in [3.8, 4) is 0 Å². The van der Waals surface area contributed by atoms with E-state index in [9.17, 15) is 9.59 Å². The van der Waals surface area contributed by atoms with E-state index in [1.165, 1.54) is 15.8 Å². The van der Waals surface area contributed by atoms with Gasteiger partial charge in [-0.15, -0.1) is 11.3 Å². The molecule has 0 amide bonds. The second-order valence-electron chi connectivity index (χ2n) is 6.65. The summed E-state index contributed by atoms with van der Waals surface area (Å²) in [6.45, 7) is 7.51. The van der Waals surface area contributed by atoms with Gasteiger partial charge in [0.2, 0.25) is 0 Å². The lowest BCUT2D eigenvalue weighted by atomic mass is 9.89. The first-order valence-electron chi connectivity index (χ1n) is 8.10. The van der Waals surface area contributed by atoms with Crippen LogP contribution in [0.3, 0.4) is 0 Å². The molecule has 2 aromatic rings. The van der Waals surface area contributed by atoms with Crippen molar-refractivity contribution in [1.82, 2.24) is 9.55 Å². The molecule has 0 fully saturated rings. The summed E-state index contributed by atoms with van der Waals surface area (Å²) in [5.74, 6) is 0.249. The Morgan fingerprint density at radius 1 is 1.43 bits per heavy atom. The highest BCUT2D eigenvalue weighted by molar-refractivity contribution is 7.18. The third kappa shape index (κ3) is 2.92. The van der Waals surface area contributed by atoms with Gasteiger partial charge in [-0.05, 0) is 51.5 Å². The predicted octanol–water partition coefficient (Wildman–Crippen LogP) is 3.10. The van der Waals surface area contributed by atoms with Crippen LogP contribution >= 0.6 is 11.3 Å². The summed E-state index contributed by atoms with van der Waals surface area (Å²) in [5, 5.41) is 0.698. The number of fused-ring (bicyclic) bond motifs is 3. The number of esters is 1. The normalized spacial score (nSPS) is 18.9. The molecule has 5 nitrogen and oxygen atoms in total. The number of nitrogens with zero attached hydrogens (tertiary/aromatic N) is 2. The van der Waals surface area contributed by atoms with E-state index >= 15 is 0 Å². The van der Waals surface area contributed by atoms with Crippen LogP contribution in [0.4, 0.5) is 0 Å². The molecular weight excluding hydrogens is 312 g/mol.